The zero-order valence-corrected chi connectivity index (χ0v) is 14.4. The van der Waals surface area contributed by atoms with Crippen molar-refractivity contribution in [2.75, 3.05) is 0 Å². The zero-order valence-electron chi connectivity index (χ0n) is 13.6. The average molecular weight is 284 g/mol. The van der Waals surface area contributed by atoms with Crippen LogP contribution < -0.4 is 5.73 Å². The van der Waals surface area contributed by atoms with Crippen LogP contribution in [0.25, 0.3) is 0 Å². The Morgan fingerprint density at radius 2 is 1.11 bits per heavy atom. The SMILES string of the molecule is Cc1c(C)c(C)c([C@@H](N)CCC(C)C)c(C)c1C.Cl. The van der Waals surface area contributed by atoms with Crippen LogP contribution in [0.4, 0.5) is 0 Å². The van der Waals surface area contributed by atoms with Gasteiger partial charge in [0.1, 0.15) is 0 Å². The Morgan fingerprint density at radius 1 is 0.737 bits per heavy atom. The summed E-state index contributed by atoms with van der Waals surface area (Å²) in [6, 6.07) is 0.186. The predicted molar refractivity (Wildman–Crippen MR) is 88.4 cm³/mol. The van der Waals surface area contributed by atoms with Crippen molar-refractivity contribution in [1.29, 1.82) is 0 Å². The molecule has 0 spiro atoms. The highest BCUT2D eigenvalue weighted by atomic mass is 35.5. The molecule has 0 unspecified atom stereocenters. The fraction of sp³-hybridized carbons (Fsp3) is 0.647. The van der Waals surface area contributed by atoms with Gasteiger partial charge in [-0.3, -0.25) is 0 Å². The van der Waals surface area contributed by atoms with Gasteiger partial charge in [0.05, 0.1) is 0 Å². The van der Waals surface area contributed by atoms with E-state index in [1.54, 1.807) is 0 Å². The van der Waals surface area contributed by atoms with Gasteiger partial charge in [0, 0.05) is 6.04 Å². The van der Waals surface area contributed by atoms with Gasteiger partial charge < -0.3 is 5.73 Å². The molecule has 110 valence electrons. The van der Waals surface area contributed by atoms with Crippen LogP contribution in [0.1, 0.15) is 66.1 Å². The van der Waals surface area contributed by atoms with Gasteiger partial charge in [0.25, 0.3) is 0 Å². The lowest BCUT2D eigenvalue weighted by Crippen LogP contribution is -2.16. The zero-order chi connectivity index (χ0) is 14.0. The number of benzene rings is 1. The molecule has 1 rings (SSSR count). The number of nitrogens with two attached hydrogens (primary N) is 1. The molecule has 0 aliphatic heterocycles. The molecule has 0 heterocycles. The predicted octanol–water partition coefficient (Wildman–Crippen LogP) is 5.09. The van der Waals surface area contributed by atoms with E-state index in [9.17, 15) is 0 Å². The van der Waals surface area contributed by atoms with Crippen molar-refractivity contribution >= 4 is 12.4 Å². The van der Waals surface area contributed by atoms with Gasteiger partial charge in [-0.15, -0.1) is 12.4 Å². The Bertz CT molecular complexity index is 406. The number of hydrogen-bond donors (Lipinski definition) is 1. The van der Waals surface area contributed by atoms with E-state index in [2.05, 4.69) is 48.5 Å². The summed E-state index contributed by atoms with van der Waals surface area (Å²) in [5, 5.41) is 0. The minimum Gasteiger partial charge on any atom is -0.324 e. The molecule has 1 nitrogen and oxygen atoms in total. The minimum atomic E-state index is 0. The second-order valence-corrected chi connectivity index (χ2v) is 6.12. The van der Waals surface area contributed by atoms with Crippen molar-refractivity contribution in [2.45, 2.75) is 67.3 Å². The van der Waals surface area contributed by atoms with Crippen LogP contribution >= 0.6 is 12.4 Å². The summed E-state index contributed by atoms with van der Waals surface area (Å²) in [6.07, 6.45) is 2.29. The highest BCUT2D eigenvalue weighted by Crippen LogP contribution is 2.31. The third-order valence-electron chi connectivity index (χ3n) is 4.48. The monoisotopic (exact) mass is 283 g/mol. The van der Waals surface area contributed by atoms with Gasteiger partial charge in [-0.25, -0.2) is 0 Å². The van der Waals surface area contributed by atoms with Crippen molar-refractivity contribution in [1.82, 2.24) is 0 Å². The van der Waals surface area contributed by atoms with Crippen LogP contribution in [0.5, 0.6) is 0 Å². The number of rotatable bonds is 4. The van der Waals surface area contributed by atoms with Gasteiger partial charge in [-0.05, 0) is 86.8 Å². The van der Waals surface area contributed by atoms with Crippen molar-refractivity contribution in [2.24, 2.45) is 11.7 Å². The van der Waals surface area contributed by atoms with E-state index in [1.807, 2.05) is 0 Å². The molecule has 0 saturated carbocycles. The Hall–Kier alpha value is -0.530. The lowest BCUT2D eigenvalue weighted by molar-refractivity contribution is 0.505. The Labute approximate surface area is 125 Å². The summed E-state index contributed by atoms with van der Waals surface area (Å²) in [6.45, 7) is 15.6. The molecule has 2 heteroatoms. The van der Waals surface area contributed by atoms with Crippen LogP contribution in [0.3, 0.4) is 0 Å². The maximum absolute atomic E-state index is 6.43. The fourth-order valence-corrected chi connectivity index (χ4v) is 2.74. The number of hydrogen-bond acceptors (Lipinski definition) is 1. The van der Waals surface area contributed by atoms with E-state index in [-0.39, 0.29) is 18.4 Å². The van der Waals surface area contributed by atoms with Gasteiger partial charge >= 0.3 is 0 Å². The molecule has 0 radical (unpaired) electrons. The molecule has 1 aromatic rings. The van der Waals surface area contributed by atoms with E-state index < -0.39 is 0 Å². The summed E-state index contributed by atoms with van der Waals surface area (Å²) >= 11 is 0. The molecule has 0 fully saturated rings. The first-order valence-electron chi connectivity index (χ1n) is 7.09. The molecular formula is C17H30ClN. The Balaban J connectivity index is 0.00000324. The first-order chi connectivity index (χ1) is 8.27. The van der Waals surface area contributed by atoms with Gasteiger partial charge in [0.2, 0.25) is 0 Å². The average Bonchev–Trinajstić information content (AvgIpc) is 2.31. The van der Waals surface area contributed by atoms with Crippen molar-refractivity contribution in [3.05, 3.63) is 33.4 Å². The molecule has 2 N–H and O–H groups in total. The lowest BCUT2D eigenvalue weighted by Gasteiger charge is -2.23. The lowest BCUT2D eigenvalue weighted by atomic mass is 9.85. The quantitative estimate of drug-likeness (QED) is 0.819. The highest BCUT2D eigenvalue weighted by molar-refractivity contribution is 5.85. The smallest absolute Gasteiger partial charge is 0.0300 e. The summed E-state index contributed by atoms with van der Waals surface area (Å²) in [5.74, 6) is 0.726. The van der Waals surface area contributed by atoms with Crippen LogP contribution in [0.2, 0.25) is 0 Å². The van der Waals surface area contributed by atoms with Crippen LogP contribution in [0.15, 0.2) is 0 Å². The molecule has 0 bridgehead atoms. The number of halogens is 1. The Morgan fingerprint density at radius 3 is 1.47 bits per heavy atom. The van der Waals surface area contributed by atoms with Gasteiger partial charge in [0.15, 0.2) is 0 Å². The molecular weight excluding hydrogens is 254 g/mol. The van der Waals surface area contributed by atoms with E-state index >= 15 is 0 Å². The minimum absolute atomic E-state index is 0. The van der Waals surface area contributed by atoms with Crippen molar-refractivity contribution in [3.8, 4) is 0 Å². The van der Waals surface area contributed by atoms with Crippen LogP contribution in [-0.2, 0) is 0 Å². The van der Waals surface area contributed by atoms with Crippen LogP contribution in [0, 0.1) is 40.5 Å². The Kier molecular flexibility index (Phi) is 7.10. The summed E-state index contributed by atoms with van der Waals surface area (Å²) in [7, 11) is 0. The molecule has 0 aromatic heterocycles. The molecule has 0 saturated heterocycles. The molecule has 1 aromatic carbocycles. The van der Waals surface area contributed by atoms with Gasteiger partial charge in [-0.2, -0.15) is 0 Å². The molecule has 19 heavy (non-hydrogen) atoms. The normalized spacial score (nSPS) is 12.5. The highest BCUT2D eigenvalue weighted by Gasteiger charge is 2.17. The van der Waals surface area contributed by atoms with E-state index in [4.69, 9.17) is 5.73 Å². The van der Waals surface area contributed by atoms with Gasteiger partial charge in [-0.1, -0.05) is 13.8 Å². The maximum Gasteiger partial charge on any atom is 0.0300 e. The van der Waals surface area contributed by atoms with Crippen molar-refractivity contribution in [3.63, 3.8) is 0 Å². The molecule has 1 atom stereocenters. The second-order valence-electron chi connectivity index (χ2n) is 6.12. The summed E-state index contributed by atoms with van der Waals surface area (Å²) < 4.78 is 0. The first-order valence-corrected chi connectivity index (χ1v) is 7.09. The largest absolute Gasteiger partial charge is 0.324 e. The topological polar surface area (TPSA) is 26.0 Å². The second kappa shape index (κ2) is 7.31. The third kappa shape index (κ3) is 3.97. The fourth-order valence-electron chi connectivity index (χ4n) is 2.74. The van der Waals surface area contributed by atoms with E-state index in [0.29, 0.717) is 0 Å². The molecule has 0 aliphatic rings. The summed E-state index contributed by atoms with van der Waals surface area (Å²) in [5.41, 5.74) is 14.9. The third-order valence-corrected chi connectivity index (χ3v) is 4.48. The summed E-state index contributed by atoms with van der Waals surface area (Å²) in [4.78, 5) is 0. The van der Waals surface area contributed by atoms with E-state index in [0.717, 1.165) is 12.3 Å². The maximum atomic E-state index is 6.43. The first kappa shape index (κ1) is 18.5. The van der Waals surface area contributed by atoms with E-state index in [1.165, 1.54) is 39.8 Å². The van der Waals surface area contributed by atoms with Crippen LogP contribution in [-0.4, -0.2) is 0 Å². The molecule has 0 aliphatic carbocycles. The molecule has 0 amide bonds. The standard InChI is InChI=1S/C17H29N.ClH/c1-10(2)8-9-16(18)17-14(6)12(4)11(3)13(5)15(17)7;/h10,16H,8-9,18H2,1-7H3;1H/t16-;/m0./s1. The van der Waals surface area contributed by atoms with Crippen molar-refractivity contribution < 1.29 is 0 Å².